The van der Waals surface area contributed by atoms with Crippen molar-refractivity contribution in [3.8, 4) is 0 Å². The number of aliphatic hydroxyl groups excluding tert-OH is 1. The third-order valence-electron chi connectivity index (χ3n) is 5.32. The van der Waals surface area contributed by atoms with Crippen LogP contribution in [0, 0.1) is 0 Å². The minimum Gasteiger partial charge on any atom is -0.386 e. The van der Waals surface area contributed by atoms with E-state index in [-0.39, 0.29) is 0 Å². The van der Waals surface area contributed by atoms with Crippen LogP contribution in [0.25, 0.3) is 0 Å². The maximum absolute atomic E-state index is 12.6. The van der Waals surface area contributed by atoms with Gasteiger partial charge in [0, 0.05) is 4.90 Å². The van der Waals surface area contributed by atoms with Crippen molar-refractivity contribution in [1.29, 1.82) is 0 Å². The number of thioether (sulfide) groups is 1. The molecule has 1 aromatic rings. The van der Waals surface area contributed by atoms with Crippen LogP contribution in [0.4, 0.5) is 0 Å². The SMILES string of the molecule is CC(=O)[C@]1(O)[C@](O)(C(C)=O)[C@@H](C(=O)C(C)O)O[C@@H](Sc2ccccc2)[C@@]1(O)C(C)=O. The molecule has 9 nitrogen and oxygen atoms in total. The molecule has 0 aromatic heterocycles. The van der Waals surface area contributed by atoms with Crippen LogP contribution in [0.15, 0.2) is 35.2 Å². The summed E-state index contributed by atoms with van der Waals surface area (Å²) in [5.74, 6) is -5.02. The molecule has 30 heavy (non-hydrogen) atoms. The largest absolute Gasteiger partial charge is 0.386 e. The van der Waals surface area contributed by atoms with Crippen molar-refractivity contribution in [1.82, 2.24) is 0 Å². The zero-order chi connectivity index (χ0) is 23.1. The van der Waals surface area contributed by atoms with Gasteiger partial charge in [0.2, 0.25) is 5.60 Å². The normalized spacial score (nSPS) is 34.8. The van der Waals surface area contributed by atoms with Crippen LogP contribution in [-0.4, -0.2) is 78.0 Å². The number of Topliss-reactive ketones (excluding diaryl/α,β-unsaturated/α-hetero) is 4. The number of benzene rings is 1. The number of hydrogen-bond acceptors (Lipinski definition) is 10. The van der Waals surface area contributed by atoms with E-state index in [2.05, 4.69) is 0 Å². The average Bonchev–Trinajstić information content (AvgIpc) is 2.67. The summed E-state index contributed by atoms with van der Waals surface area (Å²) < 4.78 is 5.51. The van der Waals surface area contributed by atoms with Gasteiger partial charge < -0.3 is 25.2 Å². The van der Waals surface area contributed by atoms with Crippen molar-refractivity contribution < 1.29 is 44.3 Å². The van der Waals surface area contributed by atoms with E-state index in [9.17, 15) is 39.6 Å². The van der Waals surface area contributed by atoms with Gasteiger partial charge in [-0.1, -0.05) is 30.0 Å². The first-order chi connectivity index (χ1) is 13.8. The first-order valence-electron chi connectivity index (χ1n) is 9.05. The zero-order valence-corrected chi connectivity index (χ0v) is 17.7. The van der Waals surface area contributed by atoms with E-state index in [1.807, 2.05) is 0 Å². The lowest BCUT2D eigenvalue weighted by Gasteiger charge is -2.57. The van der Waals surface area contributed by atoms with Crippen molar-refractivity contribution in [2.75, 3.05) is 0 Å². The van der Waals surface area contributed by atoms with Crippen LogP contribution in [0.1, 0.15) is 27.7 Å². The molecule has 0 bridgehead atoms. The summed E-state index contributed by atoms with van der Waals surface area (Å²) in [6.45, 7) is 3.43. The van der Waals surface area contributed by atoms with Gasteiger partial charge in [0.15, 0.2) is 40.4 Å². The number of hydrogen-bond donors (Lipinski definition) is 4. The summed E-state index contributed by atoms with van der Waals surface area (Å²) in [5, 5.41) is 43.6. The molecule has 0 spiro atoms. The number of rotatable bonds is 7. The van der Waals surface area contributed by atoms with Crippen LogP contribution in [-0.2, 0) is 23.9 Å². The Morgan fingerprint density at radius 1 is 0.933 bits per heavy atom. The fraction of sp³-hybridized carbons (Fsp3) is 0.500. The summed E-state index contributed by atoms with van der Waals surface area (Å²) in [4.78, 5) is 50.6. The van der Waals surface area contributed by atoms with Crippen LogP contribution in [0.3, 0.4) is 0 Å². The average molecular weight is 440 g/mol. The predicted octanol–water partition coefficient (Wildman–Crippen LogP) is -0.586. The van der Waals surface area contributed by atoms with Gasteiger partial charge in [-0.25, -0.2) is 0 Å². The summed E-state index contributed by atoms with van der Waals surface area (Å²) >= 11 is 0.703. The van der Waals surface area contributed by atoms with Crippen molar-refractivity contribution in [2.24, 2.45) is 0 Å². The van der Waals surface area contributed by atoms with Crippen molar-refractivity contribution in [3.63, 3.8) is 0 Å². The number of ether oxygens (including phenoxy) is 1. The van der Waals surface area contributed by atoms with Gasteiger partial charge in [-0.3, -0.25) is 19.2 Å². The van der Waals surface area contributed by atoms with Gasteiger partial charge in [-0.2, -0.15) is 0 Å². The summed E-state index contributed by atoms with van der Waals surface area (Å²) in [5.41, 5.74) is -11.6. The van der Waals surface area contributed by atoms with Crippen molar-refractivity contribution >= 4 is 34.9 Å². The molecule has 164 valence electrons. The predicted molar refractivity (Wildman–Crippen MR) is 105 cm³/mol. The fourth-order valence-corrected chi connectivity index (χ4v) is 4.83. The maximum atomic E-state index is 12.6. The molecule has 1 aromatic carbocycles. The van der Waals surface area contributed by atoms with E-state index in [4.69, 9.17) is 4.74 Å². The first kappa shape index (κ1) is 24.3. The standard InChI is InChI=1S/C20H24O9S/c1-10(21)15(25)16-18(26,11(2)22)20(28,13(4)24)19(27,12(3)23)17(29-16)30-14-8-6-5-7-9-14/h5-10,16-17,21,26-28H,1-4H3/t10?,16-,17+,18+,19+,20+/m1/s1. The van der Waals surface area contributed by atoms with Crippen LogP contribution in [0.2, 0.25) is 0 Å². The van der Waals surface area contributed by atoms with Crippen LogP contribution < -0.4 is 0 Å². The van der Waals surface area contributed by atoms with Crippen molar-refractivity contribution in [3.05, 3.63) is 30.3 Å². The Balaban J connectivity index is 2.82. The molecule has 1 aliphatic heterocycles. The lowest BCUT2D eigenvalue weighted by molar-refractivity contribution is -0.297. The zero-order valence-electron chi connectivity index (χ0n) is 16.9. The van der Waals surface area contributed by atoms with E-state index in [0.717, 1.165) is 27.7 Å². The van der Waals surface area contributed by atoms with Gasteiger partial charge in [0.25, 0.3) is 0 Å². The Bertz CT molecular complexity index is 870. The number of carbonyl (C=O) groups is 4. The van der Waals surface area contributed by atoms with Crippen molar-refractivity contribution in [2.45, 2.75) is 67.0 Å². The second-order valence-corrected chi connectivity index (χ2v) is 8.40. The molecule has 2 rings (SSSR count). The van der Waals surface area contributed by atoms with Crippen LogP contribution in [0.5, 0.6) is 0 Å². The second kappa shape index (κ2) is 8.29. The number of carbonyl (C=O) groups excluding carboxylic acids is 4. The monoisotopic (exact) mass is 440 g/mol. The summed E-state index contributed by atoms with van der Waals surface area (Å²) in [6, 6.07) is 8.14. The molecule has 1 fully saturated rings. The minimum atomic E-state index is -3.43. The van der Waals surface area contributed by atoms with Gasteiger partial charge >= 0.3 is 0 Å². The third kappa shape index (κ3) is 3.33. The molecular formula is C20H24O9S. The third-order valence-corrected chi connectivity index (χ3v) is 6.53. The maximum Gasteiger partial charge on any atom is 0.201 e. The molecule has 6 atom stereocenters. The molecule has 4 N–H and O–H groups in total. The van der Waals surface area contributed by atoms with Gasteiger partial charge in [0.1, 0.15) is 11.5 Å². The molecule has 0 amide bonds. The summed E-state index contributed by atoms with van der Waals surface area (Å²) in [6.07, 6.45) is -3.98. The first-order valence-corrected chi connectivity index (χ1v) is 9.93. The molecule has 1 unspecified atom stereocenters. The molecule has 0 radical (unpaired) electrons. The minimum absolute atomic E-state index is 0.435. The Hall–Kier alpha value is -1.95. The quantitative estimate of drug-likeness (QED) is 0.432. The summed E-state index contributed by atoms with van der Waals surface area (Å²) in [7, 11) is 0. The van der Waals surface area contributed by atoms with Gasteiger partial charge in [-0.05, 0) is 39.8 Å². The highest BCUT2D eigenvalue weighted by Gasteiger charge is 2.79. The fourth-order valence-electron chi connectivity index (χ4n) is 3.60. The van der Waals surface area contributed by atoms with E-state index in [1.54, 1.807) is 30.3 Å². The van der Waals surface area contributed by atoms with E-state index >= 15 is 0 Å². The molecule has 1 aliphatic rings. The number of aliphatic hydroxyl groups is 4. The number of ketones is 4. The lowest BCUT2D eigenvalue weighted by Crippen LogP contribution is -2.86. The lowest BCUT2D eigenvalue weighted by atomic mass is 9.60. The Kier molecular flexibility index (Phi) is 6.72. The second-order valence-electron chi connectivity index (χ2n) is 7.27. The Morgan fingerprint density at radius 3 is 1.83 bits per heavy atom. The molecule has 0 saturated carbocycles. The highest BCUT2D eigenvalue weighted by Crippen LogP contribution is 2.51. The topological polar surface area (TPSA) is 158 Å². The highest BCUT2D eigenvalue weighted by molar-refractivity contribution is 8.00. The molecule has 0 aliphatic carbocycles. The van der Waals surface area contributed by atoms with E-state index < -0.39 is 57.6 Å². The smallest absolute Gasteiger partial charge is 0.201 e. The van der Waals surface area contributed by atoms with E-state index in [0.29, 0.717) is 16.7 Å². The van der Waals surface area contributed by atoms with Crippen LogP contribution >= 0.6 is 11.8 Å². The molecule has 10 heteroatoms. The molecular weight excluding hydrogens is 416 g/mol. The van der Waals surface area contributed by atoms with Gasteiger partial charge in [0.05, 0.1) is 0 Å². The Morgan fingerprint density at radius 2 is 1.43 bits per heavy atom. The highest BCUT2D eigenvalue weighted by atomic mass is 32.2. The van der Waals surface area contributed by atoms with Gasteiger partial charge in [-0.15, -0.1) is 0 Å². The van der Waals surface area contributed by atoms with E-state index in [1.165, 1.54) is 0 Å². The molecule has 1 heterocycles. The Labute approximate surface area is 177 Å². The molecule has 1 saturated heterocycles.